The van der Waals surface area contributed by atoms with E-state index in [1.807, 2.05) is 39.0 Å². The topological polar surface area (TPSA) is 117 Å². The second-order valence-corrected chi connectivity index (χ2v) is 9.13. The number of nitrogens with zero attached hydrogens (tertiary/aromatic N) is 1. The number of benzene rings is 3. The van der Waals surface area contributed by atoms with Crippen LogP contribution in [-0.4, -0.2) is 20.2 Å². The van der Waals surface area contributed by atoms with Gasteiger partial charge in [-0.15, -0.1) is 0 Å². The van der Waals surface area contributed by atoms with Crippen LogP contribution >= 0.6 is 0 Å². The number of esters is 1. The highest BCUT2D eigenvalue weighted by Crippen LogP contribution is 2.46. The molecule has 0 bridgehead atoms. The third-order valence-corrected chi connectivity index (χ3v) is 6.71. The number of ether oxygens (including phenoxy) is 4. The summed E-state index contributed by atoms with van der Waals surface area (Å²) in [6.07, 6.45) is 0. The fourth-order valence-corrected chi connectivity index (χ4v) is 5.01. The first kappa shape index (κ1) is 24.8. The number of fused-ring (bicyclic) bond motifs is 2. The molecule has 0 aliphatic carbocycles. The number of hydrogen-bond acceptors (Lipinski definition) is 8. The monoisotopic (exact) mass is 510 g/mol. The fraction of sp³-hybridized carbons (Fsp3) is 0.200. The number of carbonyl (C=O) groups excluding carboxylic acids is 1. The minimum atomic E-state index is -0.624. The van der Waals surface area contributed by atoms with Gasteiger partial charge >= 0.3 is 5.97 Å². The van der Waals surface area contributed by atoms with Gasteiger partial charge in [0.2, 0.25) is 11.6 Å². The molecule has 0 fully saturated rings. The van der Waals surface area contributed by atoms with E-state index in [2.05, 4.69) is 6.07 Å². The van der Waals surface area contributed by atoms with Crippen molar-refractivity contribution in [2.75, 3.05) is 14.2 Å². The van der Waals surface area contributed by atoms with Gasteiger partial charge in [-0.2, -0.15) is 5.26 Å². The average Bonchev–Trinajstić information content (AvgIpc) is 3.23. The van der Waals surface area contributed by atoms with Crippen LogP contribution in [0.4, 0.5) is 0 Å². The van der Waals surface area contributed by atoms with E-state index in [0.29, 0.717) is 39.5 Å². The minimum Gasteiger partial charge on any atom is -0.497 e. The lowest BCUT2D eigenvalue weighted by atomic mass is 9.83. The molecule has 1 unspecified atom stereocenters. The van der Waals surface area contributed by atoms with Crippen LogP contribution < -0.4 is 24.7 Å². The third-order valence-electron chi connectivity index (χ3n) is 6.71. The van der Waals surface area contributed by atoms with Crippen LogP contribution in [0.1, 0.15) is 44.3 Å². The summed E-state index contributed by atoms with van der Waals surface area (Å²) in [4.78, 5) is 13.1. The lowest BCUT2D eigenvalue weighted by Crippen LogP contribution is -2.21. The molecule has 1 atom stereocenters. The molecule has 8 heteroatoms. The van der Waals surface area contributed by atoms with Gasteiger partial charge in [0.25, 0.3) is 0 Å². The molecule has 5 rings (SSSR count). The Morgan fingerprint density at radius 2 is 1.71 bits per heavy atom. The smallest absolute Gasteiger partial charge is 0.379 e. The fourth-order valence-electron chi connectivity index (χ4n) is 5.01. The van der Waals surface area contributed by atoms with Crippen molar-refractivity contribution >= 4 is 16.9 Å². The molecule has 2 heterocycles. The molecule has 1 aliphatic rings. The molecule has 192 valence electrons. The lowest BCUT2D eigenvalue weighted by molar-refractivity contribution is 0.0702. The molecule has 3 aromatic carbocycles. The van der Waals surface area contributed by atoms with Gasteiger partial charge in [-0.1, -0.05) is 18.2 Å². The number of nitrogens with two attached hydrogens (primary N) is 1. The van der Waals surface area contributed by atoms with Crippen molar-refractivity contribution in [1.29, 1.82) is 5.26 Å². The van der Waals surface area contributed by atoms with Crippen molar-refractivity contribution in [3.8, 4) is 29.1 Å². The molecule has 2 N–H and O–H groups in total. The highest BCUT2D eigenvalue weighted by atomic mass is 16.5. The van der Waals surface area contributed by atoms with E-state index in [0.717, 1.165) is 16.5 Å². The van der Waals surface area contributed by atoms with Crippen LogP contribution in [0.25, 0.3) is 11.0 Å². The number of hydrogen-bond donors (Lipinski definition) is 1. The Morgan fingerprint density at radius 3 is 2.42 bits per heavy atom. The highest BCUT2D eigenvalue weighted by molar-refractivity contribution is 5.98. The first-order valence-electron chi connectivity index (χ1n) is 11.9. The zero-order chi connectivity index (χ0) is 27.1. The zero-order valence-electron chi connectivity index (χ0n) is 21.7. The largest absolute Gasteiger partial charge is 0.497 e. The Hall–Kier alpha value is -4.90. The standard InChI is InChI=1S/C30H26N2O6/c1-15-10-16(2)26-17(3)28(37-25(26)11-15)30(33)36-19-7-9-21-24(13-19)38-29(32)22(14-31)27(21)20-8-6-18(34-4)12-23(20)35-5/h6-13,27H,32H2,1-5H3. The SMILES string of the molecule is COc1ccc(C2C(C#N)=C(N)Oc3cc(OC(=O)c4oc5cc(C)cc(C)c5c4C)ccc32)c(OC)c1. The predicted octanol–water partition coefficient (Wildman–Crippen LogP) is 5.81. The first-order valence-corrected chi connectivity index (χ1v) is 11.9. The molecular formula is C30H26N2O6. The van der Waals surface area contributed by atoms with Crippen molar-refractivity contribution in [3.05, 3.63) is 93.6 Å². The highest BCUT2D eigenvalue weighted by Gasteiger charge is 2.33. The van der Waals surface area contributed by atoms with Gasteiger partial charge < -0.3 is 29.1 Å². The number of furan rings is 1. The molecule has 1 aromatic heterocycles. The maximum atomic E-state index is 13.1. The van der Waals surface area contributed by atoms with Crippen molar-refractivity contribution < 1.29 is 28.2 Å². The number of carbonyl (C=O) groups is 1. The van der Waals surface area contributed by atoms with Crippen LogP contribution in [-0.2, 0) is 0 Å². The number of aryl methyl sites for hydroxylation is 3. The van der Waals surface area contributed by atoms with E-state index >= 15 is 0 Å². The molecule has 0 radical (unpaired) electrons. The molecule has 0 amide bonds. The third kappa shape index (κ3) is 4.08. The maximum Gasteiger partial charge on any atom is 0.379 e. The van der Waals surface area contributed by atoms with Gasteiger partial charge in [0.15, 0.2) is 0 Å². The zero-order valence-corrected chi connectivity index (χ0v) is 21.7. The maximum absolute atomic E-state index is 13.1. The summed E-state index contributed by atoms with van der Waals surface area (Å²) >= 11 is 0. The van der Waals surface area contributed by atoms with Crippen LogP contribution in [0, 0.1) is 32.1 Å². The van der Waals surface area contributed by atoms with E-state index in [-0.39, 0.29) is 23.0 Å². The first-order chi connectivity index (χ1) is 18.2. The van der Waals surface area contributed by atoms with Crippen molar-refractivity contribution in [3.63, 3.8) is 0 Å². The Morgan fingerprint density at radius 1 is 0.974 bits per heavy atom. The summed E-state index contributed by atoms with van der Waals surface area (Å²) in [5.41, 5.74) is 11.2. The summed E-state index contributed by atoms with van der Waals surface area (Å²) in [5.74, 6) is 0.674. The summed E-state index contributed by atoms with van der Waals surface area (Å²) in [6, 6.07) is 16.4. The van der Waals surface area contributed by atoms with Crippen LogP contribution in [0.15, 0.2) is 64.4 Å². The Balaban J connectivity index is 1.52. The molecular weight excluding hydrogens is 484 g/mol. The summed E-state index contributed by atoms with van der Waals surface area (Å²) < 4.78 is 28.2. The van der Waals surface area contributed by atoms with E-state index < -0.39 is 11.9 Å². The summed E-state index contributed by atoms with van der Waals surface area (Å²) in [7, 11) is 3.11. The van der Waals surface area contributed by atoms with E-state index in [9.17, 15) is 10.1 Å². The summed E-state index contributed by atoms with van der Waals surface area (Å²) in [6.45, 7) is 5.79. The minimum absolute atomic E-state index is 0.0367. The Kier molecular flexibility index (Phi) is 6.21. The normalized spacial score (nSPS) is 14.5. The molecule has 0 saturated carbocycles. The van der Waals surface area contributed by atoms with Crippen molar-refractivity contribution in [1.82, 2.24) is 0 Å². The van der Waals surface area contributed by atoms with Gasteiger partial charge in [-0.25, -0.2) is 4.79 Å². The lowest BCUT2D eigenvalue weighted by Gasteiger charge is -2.27. The van der Waals surface area contributed by atoms with Gasteiger partial charge in [0.1, 0.15) is 40.2 Å². The van der Waals surface area contributed by atoms with Gasteiger partial charge in [0.05, 0.1) is 20.1 Å². The average molecular weight is 511 g/mol. The number of methoxy groups -OCH3 is 2. The second kappa shape index (κ2) is 9.52. The van der Waals surface area contributed by atoms with E-state index in [1.54, 1.807) is 44.6 Å². The Labute approximate surface area is 219 Å². The molecule has 8 nitrogen and oxygen atoms in total. The molecule has 38 heavy (non-hydrogen) atoms. The number of nitriles is 1. The predicted molar refractivity (Wildman–Crippen MR) is 141 cm³/mol. The van der Waals surface area contributed by atoms with Gasteiger partial charge in [-0.05, 0) is 50.1 Å². The van der Waals surface area contributed by atoms with Crippen molar-refractivity contribution in [2.45, 2.75) is 26.7 Å². The molecule has 0 spiro atoms. The molecule has 0 saturated heterocycles. The second-order valence-electron chi connectivity index (χ2n) is 9.13. The van der Waals surface area contributed by atoms with Crippen molar-refractivity contribution in [2.24, 2.45) is 5.73 Å². The summed E-state index contributed by atoms with van der Waals surface area (Å²) in [5, 5.41) is 10.8. The van der Waals surface area contributed by atoms with Gasteiger partial charge in [0, 0.05) is 34.2 Å². The number of allylic oxidation sites excluding steroid dienone is 1. The van der Waals surface area contributed by atoms with Crippen LogP contribution in [0.5, 0.6) is 23.0 Å². The Bertz CT molecular complexity index is 1670. The van der Waals surface area contributed by atoms with E-state index in [4.69, 9.17) is 29.1 Å². The number of rotatable bonds is 5. The van der Waals surface area contributed by atoms with E-state index in [1.165, 1.54) is 0 Å². The van der Waals surface area contributed by atoms with Crippen LogP contribution in [0.2, 0.25) is 0 Å². The molecule has 4 aromatic rings. The van der Waals surface area contributed by atoms with Crippen LogP contribution in [0.3, 0.4) is 0 Å². The van der Waals surface area contributed by atoms with Gasteiger partial charge in [-0.3, -0.25) is 0 Å². The quantitative estimate of drug-likeness (QED) is 0.264. The molecule has 1 aliphatic heterocycles.